The van der Waals surface area contributed by atoms with Crippen molar-refractivity contribution in [3.8, 4) is 0 Å². The number of rotatable bonds is 6. The highest BCUT2D eigenvalue weighted by molar-refractivity contribution is 5.82. The number of nitrogens with one attached hydrogen (secondary N) is 1. The standard InChI is InChI=1S/C15H21NO2/c1-11(2)9-17-10-13-12-6-4-5-7-14(12)18-15(13)8-16-3/h4-7,11,16H,8-10H2,1-3H3. The summed E-state index contributed by atoms with van der Waals surface area (Å²) in [7, 11) is 1.92. The van der Waals surface area contributed by atoms with Crippen LogP contribution < -0.4 is 5.32 Å². The average molecular weight is 247 g/mol. The van der Waals surface area contributed by atoms with Gasteiger partial charge < -0.3 is 14.5 Å². The van der Waals surface area contributed by atoms with E-state index in [9.17, 15) is 0 Å². The summed E-state index contributed by atoms with van der Waals surface area (Å²) in [5.41, 5.74) is 2.10. The lowest BCUT2D eigenvalue weighted by atomic mass is 10.1. The molecule has 0 aliphatic carbocycles. The molecule has 0 aliphatic rings. The Morgan fingerprint density at radius 2 is 2.06 bits per heavy atom. The van der Waals surface area contributed by atoms with Crippen LogP contribution in [0.3, 0.4) is 0 Å². The Hall–Kier alpha value is -1.32. The van der Waals surface area contributed by atoms with Crippen LogP contribution in [0.15, 0.2) is 28.7 Å². The third kappa shape index (κ3) is 2.92. The van der Waals surface area contributed by atoms with E-state index in [4.69, 9.17) is 9.15 Å². The van der Waals surface area contributed by atoms with E-state index in [-0.39, 0.29) is 0 Å². The molecule has 0 aliphatic heterocycles. The van der Waals surface area contributed by atoms with Crippen LogP contribution in [0.5, 0.6) is 0 Å². The molecular formula is C15H21NO2. The van der Waals surface area contributed by atoms with Gasteiger partial charge in [0.15, 0.2) is 0 Å². The first kappa shape index (κ1) is 13.1. The zero-order valence-electron chi connectivity index (χ0n) is 11.3. The molecule has 0 atom stereocenters. The average Bonchev–Trinajstić information content (AvgIpc) is 2.68. The molecule has 3 heteroatoms. The molecule has 0 bridgehead atoms. The Bertz CT molecular complexity index is 502. The highest BCUT2D eigenvalue weighted by atomic mass is 16.5. The lowest BCUT2D eigenvalue weighted by Crippen LogP contribution is -2.08. The highest BCUT2D eigenvalue weighted by Gasteiger charge is 2.13. The molecule has 0 saturated heterocycles. The van der Waals surface area contributed by atoms with Gasteiger partial charge in [0.2, 0.25) is 0 Å². The maximum absolute atomic E-state index is 5.85. The zero-order chi connectivity index (χ0) is 13.0. The number of ether oxygens (including phenoxy) is 1. The SMILES string of the molecule is CNCc1oc2ccccc2c1COCC(C)C. The van der Waals surface area contributed by atoms with Crippen molar-refractivity contribution in [1.82, 2.24) is 5.32 Å². The van der Waals surface area contributed by atoms with Crippen LogP contribution in [-0.2, 0) is 17.9 Å². The second-order valence-corrected chi connectivity index (χ2v) is 4.94. The van der Waals surface area contributed by atoms with Gasteiger partial charge in [-0.25, -0.2) is 0 Å². The van der Waals surface area contributed by atoms with Gasteiger partial charge in [-0.3, -0.25) is 0 Å². The van der Waals surface area contributed by atoms with Crippen molar-refractivity contribution in [3.63, 3.8) is 0 Å². The van der Waals surface area contributed by atoms with Crippen LogP contribution in [0.25, 0.3) is 11.0 Å². The van der Waals surface area contributed by atoms with Crippen LogP contribution in [0.4, 0.5) is 0 Å². The van der Waals surface area contributed by atoms with E-state index < -0.39 is 0 Å². The molecule has 0 spiro atoms. The monoisotopic (exact) mass is 247 g/mol. The smallest absolute Gasteiger partial charge is 0.134 e. The van der Waals surface area contributed by atoms with E-state index >= 15 is 0 Å². The second-order valence-electron chi connectivity index (χ2n) is 4.94. The maximum atomic E-state index is 5.85. The molecule has 2 rings (SSSR count). The fourth-order valence-corrected chi connectivity index (χ4v) is 2.01. The Labute approximate surface area is 108 Å². The molecule has 1 aromatic carbocycles. The minimum Gasteiger partial charge on any atom is -0.459 e. The predicted octanol–water partition coefficient (Wildman–Crippen LogP) is 3.32. The predicted molar refractivity (Wildman–Crippen MR) is 73.5 cm³/mol. The van der Waals surface area contributed by atoms with Gasteiger partial charge in [-0.15, -0.1) is 0 Å². The molecule has 98 valence electrons. The normalized spacial score (nSPS) is 11.6. The van der Waals surface area contributed by atoms with Crippen molar-refractivity contribution in [1.29, 1.82) is 0 Å². The van der Waals surface area contributed by atoms with E-state index in [0.29, 0.717) is 12.5 Å². The largest absolute Gasteiger partial charge is 0.459 e. The van der Waals surface area contributed by atoms with Gasteiger partial charge in [-0.05, 0) is 19.0 Å². The highest BCUT2D eigenvalue weighted by Crippen LogP contribution is 2.26. The van der Waals surface area contributed by atoms with Crippen molar-refractivity contribution in [3.05, 3.63) is 35.6 Å². The van der Waals surface area contributed by atoms with Gasteiger partial charge in [0.1, 0.15) is 11.3 Å². The number of hydrogen-bond donors (Lipinski definition) is 1. The fourth-order valence-electron chi connectivity index (χ4n) is 2.01. The number of para-hydroxylation sites is 1. The van der Waals surface area contributed by atoms with Gasteiger partial charge in [-0.2, -0.15) is 0 Å². The van der Waals surface area contributed by atoms with Gasteiger partial charge >= 0.3 is 0 Å². The summed E-state index contributed by atoms with van der Waals surface area (Å²) in [6.07, 6.45) is 0. The zero-order valence-corrected chi connectivity index (χ0v) is 11.3. The number of fused-ring (bicyclic) bond motifs is 1. The van der Waals surface area contributed by atoms with Crippen molar-refractivity contribution >= 4 is 11.0 Å². The summed E-state index contributed by atoms with van der Waals surface area (Å²) < 4.78 is 11.6. The quantitative estimate of drug-likeness (QED) is 0.850. The molecule has 1 N–H and O–H groups in total. The molecule has 0 saturated carbocycles. The molecule has 18 heavy (non-hydrogen) atoms. The van der Waals surface area contributed by atoms with Gasteiger partial charge in [-0.1, -0.05) is 32.0 Å². The summed E-state index contributed by atoms with van der Waals surface area (Å²) in [5.74, 6) is 1.53. The molecular weight excluding hydrogens is 226 g/mol. The van der Waals surface area contributed by atoms with E-state index in [1.165, 1.54) is 5.56 Å². The third-order valence-corrected chi connectivity index (χ3v) is 2.82. The van der Waals surface area contributed by atoms with E-state index in [1.54, 1.807) is 0 Å². The minimum atomic E-state index is 0.552. The van der Waals surface area contributed by atoms with Crippen molar-refractivity contribution < 1.29 is 9.15 Å². The molecule has 2 aromatic rings. The Morgan fingerprint density at radius 1 is 1.28 bits per heavy atom. The van der Waals surface area contributed by atoms with Gasteiger partial charge in [0.05, 0.1) is 13.2 Å². The third-order valence-electron chi connectivity index (χ3n) is 2.82. The van der Waals surface area contributed by atoms with Crippen LogP contribution >= 0.6 is 0 Å². The minimum absolute atomic E-state index is 0.552. The first-order valence-corrected chi connectivity index (χ1v) is 6.44. The van der Waals surface area contributed by atoms with Crippen molar-refractivity contribution in [2.75, 3.05) is 13.7 Å². The lowest BCUT2D eigenvalue weighted by Gasteiger charge is -2.07. The molecule has 1 aromatic heterocycles. The summed E-state index contributed by atoms with van der Waals surface area (Å²) in [5, 5.41) is 4.29. The summed E-state index contributed by atoms with van der Waals surface area (Å²) in [4.78, 5) is 0. The summed E-state index contributed by atoms with van der Waals surface area (Å²) in [6.45, 7) is 6.43. The molecule has 0 amide bonds. The number of benzene rings is 1. The number of furan rings is 1. The Balaban J connectivity index is 2.24. The van der Waals surface area contributed by atoms with Gasteiger partial charge in [0, 0.05) is 17.6 Å². The maximum Gasteiger partial charge on any atom is 0.134 e. The Morgan fingerprint density at radius 3 is 2.78 bits per heavy atom. The van der Waals surface area contributed by atoms with Crippen molar-refractivity contribution in [2.45, 2.75) is 27.0 Å². The lowest BCUT2D eigenvalue weighted by molar-refractivity contribution is 0.0966. The van der Waals surface area contributed by atoms with Crippen LogP contribution in [0.2, 0.25) is 0 Å². The second kappa shape index (κ2) is 6.03. The Kier molecular flexibility index (Phi) is 4.39. The number of hydrogen-bond acceptors (Lipinski definition) is 3. The van der Waals surface area contributed by atoms with Crippen LogP contribution in [0, 0.1) is 5.92 Å². The first-order chi connectivity index (χ1) is 8.72. The topological polar surface area (TPSA) is 34.4 Å². The van der Waals surface area contributed by atoms with Crippen molar-refractivity contribution in [2.24, 2.45) is 5.92 Å². The fraction of sp³-hybridized carbons (Fsp3) is 0.467. The van der Waals surface area contributed by atoms with E-state index in [2.05, 4.69) is 25.2 Å². The first-order valence-electron chi connectivity index (χ1n) is 6.44. The molecule has 0 fully saturated rings. The van der Waals surface area contributed by atoms with Crippen LogP contribution in [-0.4, -0.2) is 13.7 Å². The van der Waals surface area contributed by atoms with E-state index in [1.807, 2.05) is 25.2 Å². The molecule has 3 nitrogen and oxygen atoms in total. The van der Waals surface area contributed by atoms with Crippen LogP contribution in [0.1, 0.15) is 25.2 Å². The molecule has 0 unspecified atom stereocenters. The van der Waals surface area contributed by atoms with E-state index in [0.717, 1.165) is 29.9 Å². The summed E-state index contributed by atoms with van der Waals surface area (Å²) >= 11 is 0. The molecule has 1 heterocycles. The summed E-state index contributed by atoms with van der Waals surface area (Å²) in [6, 6.07) is 8.12. The van der Waals surface area contributed by atoms with Gasteiger partial charge in [0.25, 0.3) is 0 Å². The molecule has 0 radical (unpaired) electrons.